The third-order valence-corrected chi connectivity index (χ3v) is 5.28. The second-order valence-corrected chi connectivity index (χ2v) is 6.87. The van der Waals surface area contributed by atoms with Crippen molar-refractivity contribution in [2.24, 2.45) is 5.73 Å². The summed E-state index contributed by atoms with van der Waals surface area (Å²) in [5, 5.41) is 12.0. The SMILES string of the molecule is COC(=O)c1c(NC(=O)/C(C#N)=C/c2ccc3c(c2)OCO3)sc(C(N)=O)c1C. The molecule has 3 N–H and O–H groups in total. The van der Waals surface area contributed by atoms with Crippen molar-refractivity contribution in [1.82, 2.24) is 0 Å². The van der Waals surface area contributed by atoms with Crippen LogP contribution < -0.4 is 20.5 Å². The summed E-state index contributed by atoms with van der Waals surface area (Å²) < 4.78 is 15.2. The van der Waals surface area contributed by atoms with E-state index in [1.807, 2.05) is 6.07 Å². The van der Waals surface area contributed by atoms with Crippen LogP contribution in [0.3, 0.4) is 0 Å². The molecule has 0 saturated carbocycles. The number of nitrogens with two attached hydrogens (primary N) is 1. The number of carbonyl (C=O) groups excluding carboxylic acids is 3. The molecule has 2 aromatic rings. The number of ether oxygens (including phenoxy) is 3. The summed E-state index contributed by atoms with van der Waals surface area (Å²) in [5.41, 5.74) is 5.97. The van der Waals surface area contributed by atoms with E-state index in [-0.39, 0.29) is 27.8 Å². The number of benzene rings is 1. The number of nitrogens with one attached hydrogen (secondary N) is 1. The average molecular weight is 413 g/mol. The number of hydrogen-bond donors (Lipinski definition) is 2. The van der Waals surface area contributed by atoms with Gasteiger partial charge in [0.15, 0.2) is 11.5 Å². The number of fused-ring (bicyclic) bond motifs is 1. The van der Waals surface area contributed by atoms with Gasteiger partial charge in [0.25, 0.3) is 11.8 Å². The molecule has 10 heteroatoms. The van der Waals surface area contributed by atoms with Gasteiger partial charge in [-0.2, -0.15) is 5.26 Å². The van der Waals surface area contributed by atoms with Crippen molar-refractivity contribution in [3.8, 4) is 17.6 Å². The van der Waals surface area contributed by atoms with E-state index in [0.29, 0.717) is 22.6 Å². The Morgan fingerprint density at radius 2 is 2.03 bits per heavy atom. The lowest BCUT2D eigenvalue weighted by Crippen LogP contribution is -2.15. The van der Waals surface area contributed by atoms with Crippen molar-refractivity contribution >= 4 is 40.2 Å². The molecule has 0 bridgehead atoms. The van der Waals surface area contributed by atoms with Gasteiger partial charge in [0.2, 0.25) is 6.79 Å². The maximum Gasteiger partial charge on any atom is 0.341 e. The first kappa shape index (κ1) is 19.9. The number of nitrogens with zero attached hydrogens (tertiary/aromatic N) is 1. The smallest absolute Gasteiger partial charge is 0.341 e. The second kappa shape index (κ2) is 8.04. The Morgan fingerprint density at radius 1 is 1.31 bits per heavy atom. The number of nitriles is 1. The van der Waals surface area contributed by atoms with Crippen LogP contribution in [0.4, 0.5) is 5.00 Å². The second-order valence-electron chi connectivity index (χ2n) is 5.85. The first-order valence-electron chi connectivity index (χ1n) is 8.20. The molecular weight excluding hydrogens is 398 g/mol. The Hall–Kier alpha value is -3.84. The number of primary amides is 1. The molecule has 0 aliphatic carbocycles. The fraction of sp³-hybridized carbons (Fsp3) is 0.158. The predicted molar refractivity (Wildman–Crippen MR) is 104 cm³/mol. The molecule has 29 heavy (non-hydrogen) atoms. The van der Waals surface area contributed by atoms with Crippen molar-refractivity contribution in [1.29, 1.82) is 5.26 Å². The van der Waals surface area contributed by atoms with Crippen molar-refractivity contribution in [2.75, 3.05) is 19.2 Å². The molecule has 1 aliphatic rings. The van der Waals surface area contributed by atoms with E-state index in [9.17, 15) is 19.6 Å². The highest BCUT2D eigenvalue weighted by molar-refractivity contribution is 7.18. The van der Waals surface area contributed by atoms with Crippen molar-refractivity contribution in [2.45, 2.75) is 6.92 Å². The molecule has 0 saturated heterocycles. The summed E-state index contributed by atoms with van der Waals surface area (Å²) in [6, 6.07) is 6.78. The summed E-state index contributed by atoms with van der Waals surface area (Å²) in [4.78, 5) is 36.4. The summed E-state index contributed by atoms with van der Waals surface area (Å²) in [6.45, 7) is 1.62. The summed E-state index contributed by atoms with van der Waals surface area (Å²) in [5.74, 6) is -1.16. The van der Waals surface area contributed by atoms with Gasteiger partial charge in [-0.25, -0.2) is 4.79 Å². The molecule has 0 spiro atoms. The third kappa shape index (κ3) is 3.90. The maximum absolute atomic E-state index is 12.6. The fourth-order valence-electron chi connectivity index (χ4n) is 2.67. The molecule has 148 valence electrons. The standard InChI is InChI=1S/C19H15N3O6S/c1-9-14(19(25)26-2)18(29-15(9)16(21)23)22-17(24)11(7-20)5-10-3-4-12-13(6-10)28-8-27-12/h3-6H,8H2,1-2H3,(H2,21,23)(H,22,24)/b11-5+. The first-order chi connectivity index (χ1) is 13.8. The van der Waals surface area contributed by atoms with Crippen LogP contribution in [0.1, 0.15) is 31.2 Å². The normalized spacial score (nSPS) is 12.2. The minimum atomic E-state index is -0.757. The van der Waals surface area contributed by atoms with Crippen LogP contribution in [0.15, 0.2) is 23.8 Å². The summed E-state index contributed by atoms with van der Waals surface area (Å²) in [6.07, 6.45) is 1.37. The lowest BCUT2D eigenvalue weighted by Gasteiger charge is -2.06. The molecule has 1 aromatic heterocycles. The van der Waals surface area contributed by atoms with Crippen molar-refractivity contribution < 1.29 is 28.6 Å². The van der Waals surface area contributed by atoms with E-state index < -0.39 is 17.8 Å². The Kier molecular flexibility index (Phi) is 5.52. The number of carbonyl (C=O) groups is 3. The topological polar surface area (TPSA) is 141 Å². The van der Waals surface area contributed by atoms with Crippen LogP contribution in [0, 0.1) is 18.3 Å². The minimum Gasteiger partial charge on any atom is -0.465 e. The van der Waals surface area contributed by atoms with Gasteiger partial charge in [0.1, 0.15) is 16.6 Å². The Morgan fingerprint density at radius 3 is 2.69 bits per heavy atom. The lowest BCUT2D eigenvalue weighted by molar-refractivity contribution is -0.112. The molecule has 1 aliphatic heterocycles. The van der Waals surface area contributed by atoms with Crippen molar-refractivity contribution in [3.05, 3.63) is 45.3 Å². The summed E-state index contributed by atoms with van der Waals surface area (Å²) in [7, 11) is 1.18. The zero-order chi connectivity index (χ0) is 21.1. The molecule has 0 radical (unpaired) electrons. The van der Waals surface area contributed by atoms with Crippen molar-refractivity contribution in [3.63, 3.8) is 0 Å². The van der Waals surface area contributed by atoms with Gasteiger partial charge in [-0.05, 0) is 36.3 Å². The van der Waals surface area contributed by atoms with E-state index in [4.69, 9.17) is 19.9 Å². The van der Waals surface area contributed by atoms with Gasteiger partial charge >= 0.3 is 5.97 Å². The molecule has 0 unspecified atom stereocenters. The highest BCUT2D eigenvalue weighted by atomic mass is 32.1. The van der Waals surface area contributed by atoms with Crippen LogP contribution in [0.25, 0.3) is 6.08 Å². The third-order valence-electron chi connectivity index (χ3n) is 4.06. The van der Waals surface area contributed by atoms with Gasteiger partial charge < -0.3 is 25.3 Å². The quantitative estimate of drug-likeness (QED) is 0.435. The van der Waals surface area contributed by atoms with Crippen LogP contribution >= 0.6 is 11.3 Å². The number of anilines is 1. The average Bonchev–Trinajstić information content (AvgIpc) is 3.29. The largest absolute Gasteiger partial charge is 0.465 e. The van der Waals surface area contributed by atoms with E-state index in [2.05, 4.69) is 5.32 Å². The Balaban J connectivity index is 1.92. The van der Waals surface area contributed by atoms with Crippen LogP contribution in [-0.2, 0) is 9.53 Å². The monoisotopic (exact) mass is 413 g/mol. The number of esters is 1. The molecule has 2 heterocycles. The molecular formula is C19H15N3O6S. The van der Waals surface area contributed by atoms with E-state index in [1.165, 1.54) is 20.1 Å². The first-order valence-corrected chi connectivity index (χ1v) is 9.01. The number of thiophene rings is 1. The highest BCUT2D eigenvalue weighted by Crippen LogP contribution is 2.35. The molecule has 9 nitrogen and oxygen atoms in total. The number of methoxy groups -OCH3 is 1. The molecule has 1 aromatic carbocycles. The van der Waals surface area contributed by atoms with Gasteiger partial charge in [-0.3, -0.25) is 9.59 Å². The zero-order valence-corrected chi connectivity index (χ0v) is 16.2. The zero-order valence-electron chi connectivity index (χ0n) is 15.4. The Bertz CT molecular complexity index is 1100. The Labute approximate surface area is 169 Å². The van der Waals surface area contributed by atoms with Crippen LogP contribution in [0.5, 0.6) is 11.5 Å². The maximum atomic E-state index is 12.6. The summed E-state index contributed by atoms with van der Waals surface area (Å²) >= 11 is 0.836. The number of amides is 2. The van der Waals surface area contributed by atoms with Gasteiger partial charge in [0, 0.05) is 0 Å². The van der Waals surface area contributed by atoms with Crippen LogP contribution in [-0.4, -0.2) is 31.7 Å². The number of rotatable bonds is 5. The van der Waals surface area contributed by atoms with Crippen LogP contribution in [0.2, 0.25) is 0 Å². The predicted octanol–water partition coefficient (Wildman–Crippen LogP) is 2.22. The van der Waals surface area contributed by atoms with E-state index >= 15 is 0 Å². The minimum absolute atomic E-state index is 0.0139. The number of hydrogen-bond acceptors (Lipinski definition) is 8. The van der Waals surface area contributed by atoms with Gasteiger partial charge in [-0.1, -0.05) is 6.07 Å². The molecule has 0 fully saturated rings. The lowest BCUT2D eigenvalue weighted by atomic mass is 10.1. The fourth-order valence-corrected chi connectivity index (χ4v) is 3.72. The van der Waals surface area contributed by atoms with Gasteiger partial charge in [0.05, 0.1) is 17.6 Å². The van der Waals surface area contributed by atoms with E-state index in [1.54, 1.807) is 18.2 Å². The van der Waals surface area contributed by atoms with Gasteiger partial charge in [-0.15, -0.1) is 11.3 Å². The molecule has 2 amide bonds. The van der Waals surface area contributed by atoms with E-state index in [0.717, 1.165) is 11.3 Å². The molecule has 0 atom stereocenters. The highest BCUT2D eigenvalue weighted by Gasteiger charge is 2.26. The molecule has 3 rings (SSSR count).